The smallest absolute Gasteiger partial charge is 0.0555 e. The molecule has 17 heavy (non-hydrogen) atoms. The summed E-state index contributed by atoms with van der Waals surface area (Å²) in [5.41, 5.74) is 0.356. The molecule has 0 spiro atoms. The van der Waals surface area contributed by atoms with Crippen LogP contribution >= 0.6 is 0 Å². The van der Waals surface area contributed by atoms with Gasteiger partial charge in [-0.2, -0.15) is 0 Å². The molecule has 2 rings (SSSR count). The van der Waals surface area contributed by atoms with Crippen LogP contribution in [-0.2, 0) is 0 Å². The molecule has 100 valence electrons. The van der Waals surface area contributed by atoms with Crippen LogP contribution < -0.4 is 0 Å². The zero-order valence-electron chi connectivity index (χ0n) is 11.8. The monoisotopic (exact) mass is 240 g/mol. The van der Waals surface area contributed by atoms with Crippen LogP contribution in [0.15, 0.2) is 0 Å². The molecule has 0 amide bonds. The van der Waals surface area contributed by atoms with Gasteiger partial charge in [0, 0.05) is 31.7 Å². The van der Waals surface area contributed by atoms with Gasteiger partial charge >= 0.3 is 0 Å². The van der Waals surface area contributed by atoms with Crippen LogP contribution in [0.1, 0.15) is 40.0 Å². The third-order valence-corrected chi connectivity index (χ3v) is 4.95. The van der Waals surface area contributed by atoms with Crippen molar-refractivity contribution in [3.8, 4) is 0 Å². The number of piperazine rings is 1. The maximum absolute atomic E-state index is 9.92. The van der Waals surface area contributed by atoms with Gasteiger partial charge in [0.2, 0.25) is 0 Å². The Kier molecular flexibility index (Phi) is 3.81. The number of likely N-dealkylation sites (N-methyl/N-ethyl adjacent to an activating group) is 1. The molecule has 0 radical (unpaired) electrons. The van der Waals surface area contributed by atoms with E-state index in [2.05, 4.69) is 37.6 Å². The van der Waals surface area contributed by atoms with Crippen molar-refractivity contribution in [3.05, 3.63) is 0 Å². The summed E-state index contributed by atoms with van der Waals surface area (Å²) < 4.78 is 0. The summed E-state index contributed by atoms with van der Waals surface area (Å²) in [6.07, 6.45) is 3.01. The van der Waals surface area contributed by atoms with E-state index < -0.39 is 0 Å². The fraction of sp³-hybridized carbons (Fsp3) is 1.00. The minimum absolute atomic E-state index is 0.0806. The predicted octanol–water partition coefficient (Wildman–Crippen LogP) is 1.56. The number of hydrogen-bond donors (Lipinski definition) is 1. The van der Waals surface area contributed by atoms with Gasteiger partial charge in [-0.3, -0.25) is 4.90 Å². The zero-order chi connectivity index (χ0) is 12.6. The minimum atomic E-state index is -0.0806. The molecule has 3 nitrogen and oxygen atoms in total. The molecule has 2 fully saturated rings. The van der Waals surface area contributed by atoms with Crippen LogP contribution in [0.25, 0.3) is 0 Å². The van der Waals surface area contributed by atoms with Gasteiger partial charge in [0.1, 0.15) is 0 Å². The molecule has 1 N–H and O–H groups in total. The van der Waals surface area contributed by atoms with Crippen molar-refractivity contribution in [2.24, 2.45) is 5.41 Å². The van der Waals surface area contributed by atoms with E-state index in [0.29, 0.717) is 17.5 Å². The van der Waals surface area contributed by atoms with Crippen molar-refractivity contribution in [2.75, 3.05) is 26.7 Å². The molecule has 3 atom stereocenters. The Bertz CT molecular complexity index is 267. The fourth-order valence-corrected chi connectivity index (χ4v) is 3.40. The molecule has 3 unspecified atom stereocenters. The molecule has 1 aliphatic carbocycles. The van der Waals surface area contributed by atoms with Gasteiger partial charge in [0.15, 0.2) is 0 Å². The van der Waals surface area contributed by atoms with Crippen molar-refractivity contribution in [2.45, 2.75) is 58.2 Å². The molecular formula is C14H28N2O. The average molecular weight is 240 g/mol. The Labute approximate surface area is 106 Å². The van der Waals surface area contributed by atoms with Crippen molar-refractivity contribution in [3.63, 3.8) is 0 Å². The van der Waals surface area contributed by atoms with E-state index in [0.717, 1.165) is 38.9 Å². The quantitative estimate of drug-likeness (QED) is 0.753. The SMILES string of the molecule is CC1CN(C2CC(O)CCC2(C)C)CCN1C. The molecule has 0 aromatic carbocycles. The highest BCUT2D eigenvalue weighted by Gasteiger charge is 2.40. The lowest BCUT2D eigenvalue weighted by Gasteiger charge is -2.50. The van der Waals surface area contributed by atoms with Crippen LogP contribution in [0.3, 0.4) is 0 Å². The summed E-state index contributed by atoms with van der Waals surface area (Å²) in [5, 5.41) is 9.92. The summed E-state index contributed by atoms with van der Waals surface area (Å²) in [7, 11) is 2.21. The van der Waals surface area contributed by atoms with E-state index in [9.17, 15) is 5.11 Å². The molecule has 0 aromatic rings. The third kappa shape index (κ3) is 2.83. The molecule has 3 heteroatoms. The van der Waals surface area contributed by atoms with Crippen molar-refractivity contribution < 1.29 is 5.11 Å². The largest absolute Gasteiger partial charge is 0.393 e. The van der Waals surface area contributed by atoms with Crippen LogP contribution in [0.4, 0.5) is 0 Å². The summed E-state index contributed by atoms with van der Waals surface area (Å²) in [4.78, 5) is 5.05. The van der Waals surface area contributed by atoms with Crippen LogP contribution in [0.2, 0.25) is 0 Å². The first-order valence-corrected chi connectivity index (χ1v) is 7.02. The molecule has 1 saturated carbocycles. The van der Waals surface area contributed by atoms with Gasteiger partial charge in [0.05, 0.1) is 6.10 Å². The normalized spacial score (nSPS) is 40.4. The van der Waals surface area contributed by atoms with E-state index in [1.165, 1.54) is 0 Å². The Hall–Kier alpha value is -0.120. The maximum atomic E-state index is 9.92. The highest BCUT2D eigenvalue weighted by molar-refractivity contribution is 4.95. The second-order valence-electron chi connectivity index (χ2n) is 6.76. The van der Waals surface area contributed by atoms with Crippen LogP contribution in [0.5, 0.6) is 0 Å². The highest BCUT2D eigenvalue weighted by Crippen LogP contribution is 2.39. The molecular weight excluding hydrogens is 212 g/mol. The van der Waals surface area contributed by atoms with E-state index >= 15 is 0 Å². The van der Waals surface area contributed by atoms with Gasteiger partial charge in [0.25, 0.3) is 0 Å². The molecule has 1 aliphatic heterocycles. The van der Waals surface area contributed by atoms with E-state index in [4.69, 9.17) is 0 Å². The number of aliphatic hydroxyl groups excluding tert-OH is 1. The number of hydrogen-bond acceptors (Lipinski definition) is 3. The Morgan fingerprint density at radius 3 is 2.59 bits per heavy atom. The summed E-state index contributed by atoms with van der Waals surface area (Å²) >= 11 is 0. The first-order valence-electron chi connectivity index (χ1n) is 7.02. The fourth-order valence-electron chi connectivity index (χ4n) is 3.40. The highest BCUT2D eigenvalue weighted by atomic mass is 16.3. The second-order valence-corrected chi connectivity index (χ2v) is 6.76. The standard InChI is InChI=1S/C14H28N2O/c1-11-10-16(8-7-15(11)4)13-9-12(17)5-6-14(13,2)3/h11-13,17H,5-10H2,1-4H3. The van der Waals surface area contributed by atoms with Gasteiger partial charge in [-0.15, -0.1) is 0 Å². The topological polar surface area (TPSA) is 26.7 Å². The number of aliphatic hydroxyl groups is 1. The molecule has 1 heterocycles. The Morgan fingerprint density at radius 2 is 1.94 bits per heavy atom. The average Bonchev–Trinajstić information content (AvgIpc) is 2.26. The van der Waals surface area contributed by atoms with Gasteiger partial charge in [-0.05, 0) is 38.6 Å². The number of nitrogens with zero attached hydrogens (tertiary/aromatic N) is 2. The summed E-state index contributed by atoms with van der Waals surface area (Å²) in [6, 6.07) is 1.20. The Balaban J connectivity index is 2.04. The third-order valence-electron chi connectivity index (χ3n) is 4.95. The first kappa shape index (κ1) is 13.3. The van der Waals surface area contributed by atoms with E-state index in [1.807, 2.05) is 0 Å². The van der Waals surface area contributed by atoms with Crippen LogP contribution in [0, 0.1) is 5.41 Å². The second kappa shape index (κ2) is 4.87. The van der Waals surface area contributed by atoms with E-state index in [1.54, 1.807) is 0 Å². The minimum Gasteiger partial charge on any atom is -0.393 e. The molecule has 0 aromatic heterocycles. The lowest BCUT2D eigenvalue weighted by molar-refractivity contribution is -0.0371. The summed E-state index contributed by atoms with van der Waals surface area (Å²) in [6.45, 7) is 10.5. The predicted molar refractivity (Wildman–Crippen MR) is 71.1 cm³/mol. The number of rotatable bonds is 1. The zero-order valence-corrected chi connectivity index (χ0v) is 11.8. The summed E-state index contributed by atoms with van der Waals surface area (Å²) in [5.74, 6) is 0. The van der Waals surface area contributed by atoms with Crippen molar-refractivity contribution in [1.29, 1.82) is 0 Å². The van der Waals surface area contributed by atoms with Crippen molar-refractivity contribution in [1.82, 2.24) is 9.80 Å². The molecule has 1 saturated heterocycles. The maximum Gasteiger partial charge on any atom is 0.0555 e. The van der Waals surface area contributed by atoms with Gasteiger partial charge in [-0.1, -0.05) is 13.8 Å². The van der Waals surface area contributed by atoms with Gasteiger partial charge in [-0.25, -0.2) is 0 Å². The van der Waals surface area contributed by atoms with Crippen molar-refractivity contribution >= 4 is 0 Å². The lowest BCUT2D eigenvalue weighted by atomic mass is 9.71. The Morgan fingerprint density at radius 1 is 1.24 bits per heavy atom. The first-order chi connectivity index (χ1) is 7.90. The van der Waals surface area contributed by atoms with Crippen LogP contribution in [-0.4, -0.2) is 59.8 Å². The molecule has 2 aliphatic rings. The van der Waals surface area contributed by atoms with Gasteiger partial charge < -0.3 is 10.0 Å². The lowest BCUT2D eigenvalue weighted by Crippen LogP contribution is -2.58. The molecule has 0 bridgehead atoms. The van der Waals surface area contributed by atoms with E-state index in [-0.39, 0.29) is 6.10 Å².